The SMILES string of the molecule is CC(C)[C@H]1CC2(O)O[C@]34C=C(C(=O)O)[C@H](C1=O)[C@@]2(C)[C@H]3CC[C@H](C)C4. The first-order chi connectivity index (χ1) is 11.6. The third kappa shape index (κ3) is 1.91. The number of carboxylic acids is 1. The molecule has 4 rings (SSSR count). The zero-order valence-corrected chi connectivity index (χ0v) is 15.4. The van der Waals surface area contributed by atoms with Gasteiger partial charge in [-0.15, -0.1) is 0 Å². The normalized spacial score (nSPS) is 51.3. The number of carbonyl (C=O) groups excluding carboxylic acids is 1. The van der Waals surface area contributed by atoms with Crippen LogP contribution in [-0.2, 0) is 14.3 Å². The van der Waals surface area contributed by atoms with Crippen molar-refractivity contribution in [1.82, 2.24) is 0 Å². The largest absolute Gasteiger partial charge is 0.478 e. The summed E-state index contributed by atoms with van der Waals surface area (Å²) in [5, 5.41) is 21.4. The van der Waals surface area contributed by atoms with Crippen LogP contribution in [0.3, 0.4) is 0 Å². The number of hydrogen-bond donors (Lipinski definition) is 2. The van der Waals surface area contributed by atoms with Crippen molar-refractivity contribution in [2.24, 2.45) is 35.0 Å². The summed E-state index contributed by atoms with van der Waals surface area (Å²) in [5.74, 6) is -3.26. The highest BCUT2D eigenvalue weighted by atomic mass is 16.7. The van der Waals surface area contributed by atoms with Gasteiger partial charge in [-0.3, -0.25) is 4.79 Å². The van der Waals surface area contributed by atoms with Gasteiger partial charge in [0, 0.05) is 29.2 Å². The van der Waals surface area contributed by atoms with Crippen LogP contribution >= 0.6 is 0 Å². The van der Waals surface area contributed by atoms with E-state index in [9.17, 15) is 19.8 Å². The van der Waals surface area contributed by atoms with Crippen molar-refractivity contribution in [3.05, 3.63) is 11.6 Å². The first-order valence-electron chi connectivity index (χ1n) is 9.48. The second kappa shape index (κ2) is 4.95. The van der Waals surface area contributed by atoms with Gasteiger partial charge in [0.1, 0.15) is 5.78 Å². The average molecular weight is 348 g/mol. The van der Waals surface area contributed by atoms with Crippen LogP contribution in [0.5, 0.6) is 0 Å². The van der Waals surface area contributed by atoms with Gasteiger partial charge in [-0.25, -0.2) is 4.79 Å². The number of hydrogen-bond acceptors (Lipinski definition) is 4. The second-order valence-corrected chi connectivity index (χ2v) is 9.36. The number of carboxylic acid groups (broad SMARTS) is 1. The standard InChI is InChI=1S/C20H28O5/c1-10(2)12-9-20(24)18(4)14-6-5-11(3)7-19(14,25-20)8-13(17(22)23)15(18)16(12)21/h8,10-12,14-15,24H,5-7,9H2,1-4H3,(H,22,23)/t11-,12+,14+,15+,18+,19+,20?/m0/s1. The van der Waals surface area contributed by atoms with Crippen molar-refractivity contribution >= 4 is 11.8 Å². The number of Topliss-reactive ketones (excluding diaryl/α,β-unsaturated/α-hetero) is 1. The molecule has 1 unspecified atom stereocenters. The molecule has 5 heteroatoms. The molecular formula is C20H28O5. The molecule has 0 amide bonds. The van der Waals surface area contributed by atoms with Crippen LogP contribution in [0.4, 0.5) is 0 Å². The van der Waals surface area contributed by atoms with Gasteiger partial charge in [0.2, 0.25) is 0 Å². The van der Waals surface area contributed by atoms with E-state index in [0.717, 1.165) is 12.8 Å². The lowest BCUT2D eigenvalue weighted by Crippen LogP contribution is -2.62. The summed E-state index contributed by atoms with van der Waals surface area (Å²) in [6, 6.07) is 0. The van der Waals surface area contributed by atoms with Crippen molar-refractivity contribution in [1.29, 1.82) is 0 Å². The van der Waals surface area contributed by atoms with Gasteiger partial charge in [0.25, 0.3) is 0 Å². The number of aliphatic carboxylic acids is 1. The van der Waals surface area contributed by atoms with Gasteiger partial charge >= 0.3 is 5.97 Å². The Bertz CT molecular complexity index is 682. The Labute approximate surface area is 148 Å². The highest BCUT2D eigenvalue weighted by Crippen LogP contribution is 2.71. The smallest absolute Gasteiger partial charge is 0.332 e. The van der Waals surface area contributed by atoms with E-state index in [1.807, 2.05) is 20.8 Å². The van der Waals surface area contributed by atoms with Crippen LogP contribution < -0.4 is 0 Å². The molecule has 138 valence electrons. The first-order valence-corrected chi connectivity index (χ1v) is 9.48. The monoisotopic (exact) mass is 348 g/mol. The fraction of sp³-hybridized carbons (Fsp3) is 0.800. The minimum atomic E-state index is -1.44. The molecule has 4 aliphatic rings. The summed E-state index contributed by atoms with van der Waals surface area (Å²) < 4.78 is 6.38. The molecule has 2 saturated carbocycles. The Kier molecular flexibility index (Phi) is 3.41. The summed E-state index contributed by atoms with van der Waals surface area (Å²) >= 11 is 0. The van der Waals surface area contributed by atoms with E-state index >= 15 is 0 Å². The van der Waals surface area contributed by atoms with Gasteiger partial charge in [-0.2, -0.15) is 0 Å². The fourth-order valence-electron chi connectivity index (χ4n) is 6.46. The molecular weight excluding hydrogens is 320 g/mol. The molecule has 0 spiro atoms. The number of aliphatic hydroxyl groups is 1. The average Bonchev–Trinajstić information content (AvgIpc) is 2.66. The van der Waals surface area contributed by atoms with E-state index in [0.29, 0.717) is 12.3 Å². The minimum absolute atomic E-state index is 0.00800. The number of carbonyl (C=O) groups is 2. The number of ether oxygens (including phenoxy) is 1. The molecule has 7 atom stereocenters. The highest BCUT2D eigenvalue weighted by Gasteiger charge is 2.77. The summed E-state index contributed by atoms with van der Waals surface area (Å²) in [5.41, 5.74) is -1.48. The third-order valence-electron chi connectivity index (χ3n) is 7.64. The third-order valence-corrected chi connectivity index (χ3v) is 7.64. The Hall–Kier alpha value is -1.20. The molecule has 0 radical (unpaired) electrons. The predicted molar refractivity (Wildman–Crippen MR) is 90.5 cm³/mol. The maximum atomic E-state index is 13.3. The van der Waals surface area contributed by atoms with Gasteiger partial charge in [0.15, 0.2) is 5.79 Å². The summed E-state index contributed by atoms with van der Waals surface area (Å²) in [4.78, 5) is 25.3. The topological polar surface area (TPSA) is 83.8 Å². The Morgan fingerprint density at radius 3 is 2.60 bits per heavy atom. The van der Waals surface area contributed by atoms with Crippen molar-refractivity contribution in [3.63, 3.8) is 0 Å². The second-order valence-electron chi connectivity index (χ2n) is 9.36. The maximum Gasteiger partial charge on any atom is 0.332 e. The summed E-state index contributed by atoms with van der Waals surface area (Å²) in [6.07, 6.45) is 4.55. The molecule has 0 aromatic carbocycles. The minimum Gasteiger partial charge on any atom is -0.478 e. The van der Waals surface area contributed by atoms with Crippen LogP contribution in [0.1, 0.15) is 53.4 Å². The van der Waals surface area contributed by atoms with Gasteiger partial charge < -0.3 is 14.9 Å². The van der Waals surface area contributed by atoms with E-state index in [-0.39, 0.29) is 35.5 Å². The fourth-order valence-corrected chi connectivity index (χ4v) is 6.46. The zero-order valence-electron chi connectivity index (χ0n) is 15.4. The molecule has 1 saturated heterocycles. The molecule has 0 aromatic heterocycles. The van der Waals surface area contributed by atoms with E-state index < -0.39 is 28.7 Å². The molecule has 3 aliphatic carbocycles. The maximum absolute atomic E-state index is 13.3. The van der Waals surface area contributed by atoms with Crippen LogP contribution in [0.2, 0.25) is 0 Å². The van der Waals surface area contributed by atoms with E-state index in [1.54, 1.807) is 6.08 Å². The summed E-state index contributed by atoms with van der Waals surface area (Å²) in [7, 11) is 0. The lowest BCUT2D eigenvalue weighted by atomic mass is 9.46. The van der Waals surface area contributed by atoms with Crippen molar-refractivity contribution < 1.29 is 24.5 Å². The first kappa shape index (κ1) is 17.2. The molecule has 1 heterocycles. The predicted octanol–water partition coefficient (Wildman–Crippen LogP) is 2.77. The lowest BCUT2D eigenvalue weighted by Gasteiger charge is -2.54. The van der Waals surface area contributed by atoms with E-state index in [2.05, 4.69) is 6.92 Å². The molecule has 3 fully saturated rings. The van der Waals surface area contributed by atoms with Gasteiger partial charge in [-0.1, -0.05) is 34.1 Å². The Morgan fingerprint density at radius 2 is 2.00 bits per heavy atom. The highest BCUT2D eigenvalue weighted by molar-refractivity contribution is 6.00. The molecule has 0 aromatic rings. The molecule has 1 aliphatic heterocycles. The number of ketones is 1. The molecule has 25 heavy (non-hydrogen) atoms. The van der Waals surface area contributed by atoms with Crippen LogP contribution in [0.15, 0.2) is 11.6 Å². The van der Waals surface area contributed by atoms with Crippen LogP contribution in [-0.4, -0.2) is 33.4 Å². The van der Waals surface area contributed by atoms with Gasteiger partial charge in [-0.05, 0) is 30.8 Å². The zero-order chi connectivity index (χ0) is 18.4. The van der Waals surface area contributed by atoms with E-state index in [1.165, 1.54) is 0 Å². The van der Waals surface area contributed by atoms with Crippen LogP contribution in [0.25, 0.3) is 0 Å². The molecule has 2 bridgehead atoms. The molecule has 2 N–H and O–H groups in total. The number of rotatable bonds is 2. The summed E-state index contributed by atoms with van der Waals surface area (Å²) in [6.45, 7) is 7.94. The van der Waals surface area contributed by atoms with E-state index in [4.69, 9.17) is 4.74 Å². The van der Waals surface area contributed by atoms with Crippen LogP contribution in [0, 0.1) is 35.0 Å². The van der Waals surface area contributed by atoms with Crippen molar-refractivity contribution in [2.75, 3.05) is 0 Å². The van der Waals surface area contributed by atoms with Crippen molar-refractivity contribution in [2.45, 2.75) is 64.8 Å². The molecule has 5 nitrogen and oxygen atoms in total. The van der Waals surface area contributed by atoms with Crippen molar-refractivity contribution in [3.8, 4) is 0 Å². The Balaban J connectivity index is 1.95. The van der Waals surface area contributed by atoms with Gasteiger partial charge in [0.05, 0.1) is 11.5 Å². The Morgan fingerprint density at radius 1 is 1.32 bits per heavy atom. The quantitative estimate of drug-likeness (QED) is 0.802. The lowest BCUT2D eigenvalue weighted by molar-refractivity contribution is -0.272.